The van der Waals surface area contributed by atoms with Crippen LogP contribution in [-0.2, 0) is 6.42 Å². The predicted molar refractivity (Wildman–Crippen MR) is 92.8 cm³/mol. The van der Waals surface area contributed by atoms with Gasteiger partial charge >= 0.3 is 5.97 Å². The Morgan fingerprint density at radius 1 is 1.28 bits per heavy atom. The molecule has 0 amide bonds. The van der Waals surface area contributed by atoms with Crippen molar-refractivity contribution in [2.75, 3.05) is 31.3 Å². The van der Waals surface area contributed by atoms with Gasteiger partial charge in [0.15, 0.2) is 11.6 Å². The zero-order valence-corrected chi connectivity index (χ0v) is 13.9. The Hall–Kier alpha value is -3.27. The lowest BCUT2D eigenvalue weighted by molar-refractivity contribution is 0.0697. The molecule has 3 N–H and O–H groups in total. The summed E-state index contributed by atoms with van der Waals surface area (Å²) in [5, 5.41) is 23.9. The standard InChI is InChI=1S/C18H18FN3O3/c1-21-13-4-3-12(10-20)11(7-13)5-6-25-17-9-16(22-2)14(18(23)24)8-15(17)19/h3-4,7-9,21-22H,5-6H2,1-2H3,(H,23,24). The van der Waals surface area contributed by atoms with Gasteiger partial charge in [-0.1, -0.05) is 0 Å². The van der Waals surface area contributed by atoms with Crippen LogP contribution < -0.4 is 15.4 Å². The molecule has 0 aromatic heterocycles. The average Bonchev–Trinajstić information content (AvgIpc) is 2.62. The van der Waals surface area contributed by atoms with E-state index < -0.39 is 11.8 Å². The van der Waals surface area contributed by atoms with Gasteiger partial charge in [0.05, 0.1) is 29.5 Å². The number of halogens is 1. The number of benzene rings is 2. The summed E-state index contributed by atoms with van der Waals surface area (Å²) in [4.78, 5) is 11.1. The number of carboxylic acids is 1. The first-order valence-corrected chi connectivity index (χ1v) is 7.58. The summed E-state index contributed by atoms with van der Waals surface area (Å²) >= 11 is 0. The number of nitrogens with zero attached hydrogens (tertiary/aromatic N) is 1. The predicted octanol–water partition coefficient (Wildman–Crippen LogP) is 3.10. The largest absolute Gasteiger partial charge is 0.490 e. The van der Waals surface area contributed by atoms with Gasteiger partial charge < -0.3 is 20.5 Å². The molecule has 0 aliphatic heterocycles. The summed E-state index contributed by atoms with van der Waals surface area (Å²) in [6.07, 6.45) is 0.410. The number of hydrogen-bond acceptors (Lipinski definition) is 5. The lowest BCUT2D eigenvalue weighted by atomic mass is 10.0. The van der Waals surface area contributed by atoms with Crippen molar-refractivity contribution in [3.63, 3.8) is 0 Å². The van der Waals surface area contributed by atoms with Crippen LogP contribution in [0.2, 0.25) is 0 Å². The molecule has 2 aromatic carbocycles. The Morgan fingerprint density at radius 3 is 2.64 bits per heavy atom. The summed E-state index contributed by atoms with van der Waals surface area (Å²) in [7, 11) is 3.33. The highest BCUT2D eigenvalue weighted by atomic mass is 19.1. The number of carbonyl (C=O) groups is 1. The van der Waals surface area contributed by atoms with Crippen LogP contribution in [0, 0.1) is 17.1 Å². The Balaban J connectivity index is 2.15. The molecule has 0 spiro atoms. The summed E-state index contributed by atoms with van der Waals surface area (Å²) < 4.78 is 19.5. The number of hydrogen-bond donors (Lipinski definition) is 3. The molecule has 0 unspecified atom stereocenters. The monoisotopic (exact) mass is 343 g/mol. The second-order valence-corrected chi connectivity index (χ2v) is 5.22. The van der Waals surface area contributed by atoms with Gasteiger partial charge in [0.1, 0.15) is 0 Å². The maximum Gasteiger partial charge on any atom is 0.337 e. The smallest absolute Gasteiger partial charge is 0.337 e. The summed E-state index contributed by atoms with van der Waals surface area (Å²) in [5.74, 6) is -2.02. The fourth-order valence-electron chi connectivity index (χ4n) is 2.38. The quantitative estimate of drug-likeness (QED) is 0.715. The molecule has 0 fully saturated rings. The molecule has 0 aliphatic rings. The van der Waals surface area contributed by atoms with Crippen molar-refractivity contribution in [3.05, 3.63) is 52.8 Å². The minimum atomic E-state index is -1.22. The Kier molecular flexibility index (Phi) is 5.79. The zero-order valence-electron chi connectivity index (χ0n) is 13.9. The first-order valence-electron chi connectivity index (χ1n) is 7.58. The number of nitrogens with one attached hydrogen (secondary N) is 2. The number of nitriles is 1. The lowest BCUT2D eigenvalue weighted by Gasteiger charge is -2.12. The minimum Gasteiger partial charge on any atom is -0.490 e. The highest BCUT2D eigenvalue weighted by Crippen LogP contribution is 2.26. The molecule has 2 aromatic rings. The average molecular weight is 343 g/mol. The first-order chi connectivity index (χ1) is 12.0. The van der Waals surface area contributed by atoms with E-state index in [-0.39, 0.29) is 23.6 Å². The van der Waals surface area contributed by atoms with Gasteiger partial charge in [-0.3, -0.25) is 0 Å². The fourth-order valence-corrected chi connectivity index (χ4v) is 2.38. The SMILES string of the molecule is CNc1ccc(C#N)c(CCOc2cc(NC)c(C(=O)O)cc2F)c1. The van der Waals surface area contributed by atoms with Crippen molar-refractivity contribution in [3.8, 4) is 11.8 Å². The highest BCUT2D eigenvalue weighted by Gasteiger charge is 2.15. The summed E-state index contributed by atoms with van der Waals surface area (Å²) in [6.45, 7) is 0.147. The molecule has 2 rings (SSSR count). The molecule has 0 bridgehead atoms. The zero-order chi connectivity index (χ0) is 18.4. The molecule has 0 heterocycles. The molecule has 0 atom stereocenters. The molecule has 7 heteroatoms. The normalized spacial score (nSPS) is 10.0. The van der Waals surface area contributed by atoms with Crippen LogP contribution in [0.5, 0.6) is 5.75 Å². The van der Waals surface area contributed by atoms with Crippen molar-refractivity contribution >= 4 is 17.3 Å². The van der Waals surface area contributed by atoms with Crippen LogP contribution in [-0.4, -0.2) is 31.8 Å². The van der Waals surface area contributed by atoms with Crippen molar-refractivity contribution in [1.29, 1.82) is 5.26 Å². The van der Waals surface area contributed by atoms with Crippen LogP contribution >= 0.6 is 0 Å². The van der Waals surface area contributed by atoms with Crippen molar-refractivity contribution in [1.82, 2.24) is 0 Å². The van der Waals surface area contributed by atoms with Gasteiger partial charge in [0.25, 0.3) is 0 Å². The third kappa shape index (κ3) is 4.18. The molecule has 0 saturated heterocycles. The maximum absolute atomic E-state index is 14.0. The van der Waals surface area contributed by atoms with E-state index in [9.17, 15) is 9.18 Å². The van der Waals surface area contributed by atoms with Crippen LogP contribution in [0.4, 0.5) is 15.8 Å². The number of aromatic carboxylic acids is 1. The van der Waals surface area contributed by atoms with Gasteiger partial charge in [-0.2, -0.15) is 5.26 Å². The maximum atomic E-state index is 14.0. The topological polar surface area (TPSA) is 94.4 Å². The third-order valence-corrected chi connectivity index (χ3v) is 3.72. The highest BCUT2D eigenvalue weighted by molar-refractivity contribution is 5.94. The molecule has 25 heavy (non-hydrogen) atoms. The van der Waals surface area contributed by atoms with E-state index in [0.717, 1.165) is 17.3 Å². The van der Waals surface area contributed by atoms with Crippen LogP contribution in [0.25, 0.3) is 0 Å². The van der Waals surface area contributed by atoms with E-state index in [4.69, 9.17) is 15.1 Å². The van der Waals surface area contributed by atoms with Gasteiger partial charge in [-0.15, -0.1) is 0 Å². The molecular weight excluding hydrogens is 325 g/mol. The fraction of sp³-hybridized carbons (Fsp3) is 0.222. The minimum absolute atomic E-state index is 0.0439. The number of carboxylic acid groups (broad SMARTS) is 1. The molecule has 0 saturated carbocycles. The first kappa shape index (κ1) is 18.1. The number of ether oxygens (including phenoxy) is 1. The van der Waals surface area contributed by atoms with Crippen molar-refractivity contribution in [2.45, 2.75) is 6.42 Å². The summed E-state index contributed by atoms with van der Waals surface area (Å²) in [6, 6.07) is 9.70. The van der Waals surface area contributed by atoms with Crippen LogP contribution in [0.15, 0.2) is 30.3 Å². The van der Waals surface area contributed by atoms with Gasteiger partial charge in [-0.25, -0.2) is 9.18 Å². The molecule has 0 aliphatic carbocycles. The third-order valence-electron chi connectivity index (χ3n) is 3.72. The number of anilines is 2. The van der Waals surface area contributed by atoms with Crippen LogP contribution in [0.1, 0.15) is 21.5 Å². The Labute approximate surface area is 144 Å². The van der Waals surface area contributed by atoms with E-state index in [1.54, 1.807) is 26.2 Å². The number of rotatable bonds is 7. The van der Waals surface area contributed by atoms with E-state index >= 15 is 0 Å². The van der Waals surface area contributed by atoms with E-state index in [0.29, 0.717) is 12.0 Å². The van der Waals surface area contributed by atoms with E-state index in [1.165, 1.54) is 6.07 Å². The molecular formula is C18H18FN3O3. The summed E-state index contributed by atoms with van der Waals surface area (Å²) in [5.41, 5.74) is 2.27. The molecule has 130 valence electrons. The van der Waals surface area contributed by atoms with Crippen molar-refractivity contribution in [2.24, 2.45) is 0 Å². The molecule has 6 nitrogen and oxygen atoms in total. The second kappa shape index (κ2) is 8.02. The van der Waals surface area contributed by atoms with E-state index in [1.807, 2.05) is 6.07 Å². The van der Waals surface area contributed by atoms with Gasteiger partial charge in [-0.05, 0) is 29.8 Å². The lowest BCUT2D eigenvalue weighted by Crippen LogP contribution is -2.08. The van der Waals surface area contributed by atoms with Gasteiger partial charge in [0.2, 0.25) is 0 Å². The molecule has 0 radical (unpaired) electrons. The van der Waals surface area contributed by atoms with Gasteiger partial charge in [0, 0.05) is 32.3 Å². The van der Waals surface area contributed by atoms with E-state index in [2.05, 4.69) is 16.7 Å². The van der Waals surface area contributed by atoms with Crippen molar-refractivity contribution < 1.29 is 19.0 Å². The Bertz CT molecular complexity index is 831. The van der Waals surface area contributed by atoms with Crippen LogP contribution in [0.3, 0.4) is 0 Å². The second-order valence-electron chi connectivity index (χ2n) is 5.22. The Morgan fingerprint density at radius 2 is 2.04 bits per heavy atom.